The fraction of sp³-hybridized carbons (Fsp3) is 0.478. The number of hydrogen-bond donors (Lipinski definition) is 2. The van der Waals surface area contributed by atoms with Crippen LogP contribution in [-0.2, 0) is 11.3 Å². The zero-order valence-corrected chi connectivity index (χ0v) is 17.8. The van der Waals surface area contributed by atoms with Crippen LogP contribution in [0.5, 0.6) is 0 Å². The van der Waals surface area contributed by atoms with Crippen LogP contribution in [0.3, 0.4) is 0 Å². The maximum absolute atomic E-state index is 10.9. The summed E-state index contributed by atoms with van der Waals surface area (Å²) in [6.45, 7) is 5.05. The van der Waals surface area contributed by atoms with Crippen LogP contribution in [0, 0.1) is 11.8 Å². The zero-order valence-electron chi connectivity index (χ0n) is 16.9. The Morgan fingerprint density at radius 3 is 2.93 bits per heavy atom. The molecule has 29 heavy (non-hydrogen) atoms. The number of carboxylic acid groups (broad SMARTS) is 1. The van der Waals surface area contributed by atoms with E-state index in [4.69, 9.17) is 5.11 Å². The smallest absolute Gasteiger partial charge is 0.306 e. The van der Waals surface area contributed by atoms with Crippen molar-refractivity contribution >= 4 is 29.2 Å². The van der Waals surface area contributed by atoms with Gasteiger partial charge in [-0.25, -0.2) is 4.98 Å². The average Bonchev–Trinajstić information content (AvgIpc) is 2.73. The molecule has 2 aromatic rings. The highest BCUT2D eigenvalue weighted by Crippen LogP contribution is 2.43. The van der Waals surface area contributed by atoms with Gasteiger partial charge in [0.2, 0.25) is 0 Å². The largest absolute Gasteiger partial charge is 0.481 e. The van der Waals surface area contributed by atoms with Crippen molar-refractivity contribution in [2.75, 3.05) is 18.4 Å². The number of anilines is 2. The standard InChI is InChI=1S/C23H29N3O2S/c1-16(23(27)28)4-2-5-17-9-12-26(13-10-17)15-18-7-8-20-19(14-18)25-22-21(29-20)6-3-11-24-22/h3,6-8,11,14,16-17H,2,4-5,9-10,12-13,15H2,1H3,(H,24,25)(H,27,28). The summed E-state index contributed by atoms with van der Waals surface area (Å²) in [5.41, 5.74) is 2.49. The number of nitrogens with one attached hydrogen (secondary N) is 1. The van der Waals surface area contributed by atoms with E-state index in [0.717, 1.165) is 56.3 Å². The van der Waals surface area contributed by atoms with E-state index in [2.05, 4.69) is 39.5 Å². The van der Waals surface area contributed by atoms with Crippen LogP contribution < -0.4 is 5.32 Å². The Hall–Kier alpha value is -2.05. The Morgan fingerprint density at radius 1 is 1.31 bits per heavy atom. The third-order valence-electron chi connectivity index (χ3n) is 6.07. The van der Waals surface area contributed by atoms with Crippen LogP contribution in [0.4, 0.5) is 11.5 Å². The molecule has 6 heteroatoms. The summed E-state index contributed by atoms with van der Waals surface area (Å²) < 4.78 is 0. The average molecular weight is 412 g/mol. The number of pyridine rings is 1. The molecule has 0 saturated carbocycles. The van der Waals surface area contributed by atoms with E-state index in [9.17, 15) is 4.79 Å². The second-order valence-electron chi connectivity index (χ2n) is 8.30. The summed E-state index contributed by atoms with van der Waals surface area (Å²) in [6, 6.07) is 10.8. The Morgan fingerprint density at radius 2 is 2.14 bits per heavy atom. The van der Waals surface area contributed by atoms with E-state index in [1.807, 2.05) is 19.2 Å². The highest BCUT2D eigenvalue weighted by atomic mass is 32.2. The molecule has 1 aromatic carbocycles. The van der Waals surface area contributed by atoms with Crippen LogP contribution in [-0.4, -0.2) is 34.0 Å². The summed E-state index contributed by atoms with van der Waals surface area (Å²) in [5, 5.41) is 12.5. The third-order valence-corrected chi connectivity index (χ3v) is 7.20. The number of aliphatic carboxylic acids is 1. The molecular formula is C23H29N3O2S. The van der Waals surface area contributed by atoms with Gasteiger partial charge in [-0.15, -0.1) is 0 Å². The monoisotopic (exact) mass is 411 g/mol. The van der Waals surface area contributed by atoms with Gasteiger partial charge in [0, 0.05) is 17.6 Å². The number of fused-ring (bicyclic) bond motifs is 2. The fourth-order valence-corrected chi connectivity index (χ4v) is 5.14. The first-order valence-corrected chi connectivity index (χ1v) is 11.4. The maximum Gasteiger partial charge on any atom is 0.306 e. The molecule has 5 nitrogen and oxygen atoms in total. The number of benzene rings is 1. The quantitative estimate of drug-likeness (QED) is 0.543. The van der Waals surface area contributed by atoms with Crippen molar-refractivity contribution in [3.8, 4) is 0 Å². The molecule has 2 N–H and O–H groups in total. The molecule has 4 rings (SSSR count). The van der Waals surface area contributed by atoms with Crippen LogP contribution in [0.25, 0.3) is 0 Å². The van der Waals surface area contributed by atoms with Crippen molar-refractivity contribution < 1.29 is 9.90 Å². The molecule has 2 aliphatic rings. The molecule has 1 fully saturated rings. The minimum atomic E-state index is -0.669. The molecule has 1 saturated heterocycles. The van der Waals surface area contributed by atoms with Gasteiger partial charge in [0.05, 0.1) is 16.5 Å². The molecule has 1 unspecified atom stereocenters. The van der Waals surface area contributed by atoms with Crippen LogP contribution >= 0.6 is 11.8 Å². The van der Waals surface area contributed by atoms with Gasteiger partial charge in [-0.05, 0) is 68.1 Å². The van der Waals surface area contributed by atoms with Gasteiger partial charge < -0.3 is 10.4 Å². The Bertz CT molecular complexity index is 865. The fourth-order valence-electron chi connectivity index (χ4n) is 4.20. The number of piperidine rings is 1. The number of carboxylic acids is 1. The highest BCUT2D eigenvalue weighted by Gasteiger charge is 2.21. The first-order valence-electron chi connectivity index (χ1n) is 10.6. The topological polar surface area (TPSA) is 65.5 Å². The predicted octanol–water partition coefficient (Wildman–Crippen LogP) is 5.39. The number of likely N-dealkylation sites (tertiary alicyclic amines) is 1. The van der Waals surface area contributed by atoms with Crippen molar-refractivity contribution in [3.63, 3.8) is 0 Å². The molecule has 0 aliphatic carbocycles. The first-order chi connectivity index (χ1) is 14.1. The van der Waals surface area contributed by atoms with Gasteiger partial charge >= 0.3 is 5.97 Å². The zero-order chi connectivity index (χ0) is 20.2. The van der Waals surface area contributed by atoms with Crippen molar-refractivity contribution in [3.05, 3.63) is 42.1 Å². The summed E-state index contributed by atoms with van der Waals surface area (Å²) in [6.07, 6.45) is 7.26. The van der Waals surface area contributed by atoms with Crippen molar-refractivity contribution in [1.29, 1.82) is 0 Å². The van der Waals surface area contributed by atoms with E-state index in [1.165, 1.54) is 28.2 Å². The summed E-state index contributed by atoms with van der Waals surface area (Å²) in [7, 11) is 0. The summed E-state index contributed by atoms with van der Waals surface area (Å²) in [5.74, 6) is 0.807. The summed E-state index contributed by atoms with van der Waals surface area (Å²) >= 11 is 1.77. The molecule has 0 radical (unpaired) electrons. The molecule has 3 heterocycles. The van der Waals surface area contributed by atoms with E-state index < -0.39 is 5.97 Å². The van der Waals surface area contributed by atoms with Crippen LogP contribution in [0.1, 0.15) is 44.6 Å². The second-order valence-corrected chi connectivity index (χ2v) is 9.38. The van der Waals surface area contributed by atoms with Crippen LogP contribution in [0.2, 0.25) is 0 Å². The molecule has 1 aromatic heterocycles. The molecule has 0 spiro atoms. The number of hydrogen-bond acceptors (Lipinski definition) is 5. The van der Waals surface area contributed by atoms with Gasteiger partial charge in [0.15, 0.2) is 0 Å². The molecular weight excluding hydrogens is 382 g/mol. The predicted molar refractivity (Wildman–Crippen MR) is 117 cm³/mol. The Kier molecular flexibility index (Phi) is 6.40. The van der Waals surface area contributed by atoms with E-state index >= 15 is 0 Å². The lowest BCUT2D eigenvalue weighted by Crippen LogP contribution is -2.33. The van der Waals surface area contributed by atoms with Crippen LogP contribution in [0.15, 0.2) is 46.3 Å². The lowest BCUT2D eigenvalue weighted by Gasteiger charge is -2.32. The minimum Gasteiger partial charge on any atom is -0.481 e. The number of nitrogens with zero attached hydrogens (tertiary/aromatic N) is 2. The molecule has 1 atom stereocenters. The van der Waals surface area contributed by atoms with Gasteiger partial charge in [-0.3, -0.25) is 9.69 Å². The van der Waals surface area contributed by atoms with Gasteiger partial charge in [-0.1, -0.05) is 37.6 Å². The molecule has 154 valence electrons. The van der Waals surface area contributed by atoms with Gasteiger partial charge in [0.1, 0.15) is 5.82 Å². The lowest BCUT2D eigenvalue weighted by molar-refractivity contribution is -0.141. The van der Waals surface area contributed by atoms with Gasteiger partial charge in [0.25, 0.3) is 0 Å². The summed E-state index contributed by atoms with van der Waals surface area (Å²) in [4.78, 5) is 20.3. The normalized spacial score (nSPS) is 17.8. The number of aromatic nitrogens is 1. The van der Waals surface area contributed by atoms with Gasteiger partial charge in [-0.2, -0.15) is 0 Å². The Labute approximate surface area is 176 Å². The van der Waals surface area contributed by atoms with E-state index in [1.54, 1.807) is 11.8 Å². The van der Waals surface area contributed by atoms with Crippen molar-refractivity contribution in [2.45, 2.75) is 55.4 Å². The Balaban J connectivity index is 1.26. The number of rotatable bonds is 7. The SMILES string of the molecule is CC(CCCC1CCN(Cc2ccc3c(c2)Nc2ncccc2S3)CC1)C(=O)O. The number of carbonyl (C=O) groups is 1. The molecule has 0 bridgehead atoms. The van der Waals surface area contributed by atoms with Crippen molar-refractivity contribution in [2.24, 2.45) is 11.8 Å². The lowest BCUT2D eigenvalue weighted by atomic mass is 9.90. The highest BCUT2D eigenvalue weighted by molar-refractivity contribution is 7.99. The first kappa shape index (κ1) is 20.2. The third kappa shape index (κ3) is 5.11. The minimum absolute atomic E-state index is 0.215. The van der Waals surface area contributed by atoms with E-state index in [-0.39, 0.29) is 5.92 Å². The van der Waals surface area contributed by atoms with Crippen molar-refractivity contribution in [1.82, 2.24) is 9.88 Å². The molecule has 0 amide bonds. The van der Waals surface area contributed by atoms with E-state index in [0.29, 0.717) is 0 Å². The molecule has 2 aliphatic heterocycles. The second kappa shape index (κ2) is 9.18. The maximum atomic E-state index is 10.9.